The van der Waals surface area contributed by atoms with Crippen molar-refractivity contribution in [1.82, 2.24) is 10.6 Å². The van der Waals surface area contributed by atoms with Crippen LogP contribution in [0.4, 0.5) is 4.39 Å². The van der Waals surface area contributed by atoms with Crippen LogP contribution in [0, 0.1) is 5.82 Å². The fraction of sp³-hybridized carbons (Fsp3) is 0.364. The smallest absolute Gasteiger partial charge is 0.216 e. The van der Waals surface area contributed by atoms with Gasteiger partial charge in [0.25, 0.3) is 0 Å². The second-order valence-electron chi connectivity index (χ2n) is 3.37. The van der Waals surface area contributed by atoms with Crippen LogP contribution in [-0.2, 0) is 11.3 Å². The highest BCUT2D eigenvalue weighted by Crippen LogP contribution is 2.17. The van der Waals surface area contributed by atoms with E-state index in [1.807, 2.05) is 0 Å². The summed E-state index contributed by atoms with van der Waals surface area (Å²) < 4.78 is 13.4. The lowest BCUT2D eigenvalue weighted by Crippen LogP contribution is -2.30. The standard InChI is InChI=1S/C11H14ClFN2O/c1-8(16)15-6-5-14-7-9-3-2-4-10(12)11(9)13/h2-4,14H,5-7H2,1H3,(H,15,16). The molecule has 0 heterocycles. The molecule has 0 aliphatic heterocycles. The van der Waals surface area contributed by atoms with Gasteiger partial charge in [-0.2, -0.15) is 0 Å². The third-order valence-electron chi connectivity index (χ3n) is 2.02. The molecule has 1 aromatic rings. The van der Waals surface area contributed by atoms with Gasteiger partial charge in [0.05, 0.1) is 5.02 Å². The van der Waals surface area contributed by atoms with Gasteiger partial charge in [-0.3, -0.25) is 4.79 Å². The number of carbonyl (C=O) groups excluding carboxylic acids is 1. The molecule has 5 heteroatoms. The van der Waals surface area contributed by atoms with Gasteiger partial charge in [-0.1, -0.05) is 23.7 Å². The van der Waals surface area contributed by atoms with Gasteiger partial charge >= 0.3 is 0 Å². The fourth-order valence-corrected chi connectivity index (χ4v) is 1.43. The highest BCUT2D eigenvalue weighted by Gasteiger charge is 2.04. The van der Waals surface area contributed by atoms with E-state index in [0.717, 1.165) is 0 Å². The first-order chi connectivity index (χ1) is 7.61. The number of nitrogens with one attached hydrogen (secondary N) is 2. The summed E-state index contributed by atoms with van der Waals surface area (Å²) in [6, 6.07) is 4.89. The van der Waals surface area contributed by atoms with E-state index in [1.165, 1.54) is 13.0 Å². The molecular weight excluding hydrogens is 231 g/mol. The van der Waals surface area contributed by atoms with Crippen LogP contribution in [0.1, 0.15) is 12.5 Å². The summed E-state index contributed by atoms with van der Waals surface area (Å²) in [6.07, 6.45) is 0. The summed E-state index contributed by atoms with van der Waals surface area (Å²) in [5.41, 5.74) is 0.523. The van der Waals surface area contributed by atoms with Gasteiger partial charge in [-0.25, -0.2) is 4.39 Å². The topological polar surface area (TPSA) is 41.1 Å². The number of carbonyl (C=O) groups is 1. The molecule has 0 saturated heterocycles. The van der Waals surface area contributed by atoms with Crippen molar-refractivity contribution in [3.8, 4) is 0 Å². The number of benzene rings is 1. The number of halogens is 2. The molecule has 1 amide bonds. The molecule has 0 fully saturated rings. The summed E-state index contributed by atoms with van der Waals surface area (Å²) in [7, 11) is 0. The highest BCUT2D eigenvalue weighted by atomic mass is 35.5. The molecule has 1 rings (SSSR count). The molecule has 3 nitrogen and oxygen atoms in total. The maximum atomic E-state index is 13.4. The molecule has 0 atom stereocenters. The molecule has 0 saturated carbocycles. The van der Waals surface area contributed by atoms with E-state index in [4.69, 9.17) is 11.6 Å². The molecule has 0 aliphatic carbocycles. The molecule has 2 N–H and O–H groups in total. The monoisotopic (exact) mass is 244 g/mol. The van der Waals surface area contributed by atoms with Crippen molar-refractivity contribution < 1.29 is 9.18 Å². The van der Waals surface area contributed by atoms with Gasteiger partial charge in [0.1, 0.15) is 5.82 Å². The van der Waals surface area contributed by atoms with E-state index < -0.39 is 5.82 Å². The molecule has 0 aliphatic rings. The summed E-state index contributed by atoms with van der Waals surface area (Å²) in [5, 5.41) is 5.77. The van der Waals surface area contributed by atoms with Gasteiger partial charge in [0.2, 0.25) is 5.91 Å². The second-order valence-corrected chi connectivity index (χ2v) is 3.78. The Morgan fingerprint density at radius 1 is 1.44 bits per heavy atom. The minimum Gasteiger partial charge on any atom is -0.355 e. The Bertz CT molecular complexity index is 371. The summed E-state index contributed by atoms with van der Waals surface area (Å²) in [4.78, 5) is 10.6. The van der Waals surface area contributed by atoms with Crippen LogP contribution in [0.2, 0.25) is 5.02 Å². The Morgan fingerprint density at radius 3 is 2.88 bits per heavy atom. The molecule has 1 aromatic carbocycles. The van der Waals surface area contributed by atoms with E-state index in [2.05, 4.69) is 10.6 Å². The van der Waals surface area contributed by atoms with Gasteiger partial charge in [-0.15, -0.1) is 0 Å². The SMILES string of the molecule is CC(=O)NCCNCc1cccc(Cl)c1F. The number of amides is 1. The van der Waals surface area contributed by atoms with Crippen molar-refractivity contribution in [3.05, 3.63) is 34.6 Å². The molecule has 0 bridgehead atoms. The summed E-state index contributed by atoms with van der Waals surface area (Å²) >= 11 is 5.64. The Morgan fingerprint density at radius 2 is 2.19 bits per heavy atom. The zero-order valence-corrected chi connectivity index (χ0v) is 9.77. The number of hydrogen-bond acceptors (Lipinski definition) is 2. The minimum absolute atomic E-state index is 0.0734. The minimum atomic E-state index is -0.392. The fourth-order valence-electron chi connectivity index (χ4n) is 1.23. The van der Waals surface area contributed by atoms with Crippen LogP contribution in [0.5, 0.6) is 0 Å². The quantitative estimate of drug-likeness (QED) is 0.775. The first kappa shape index (κ1) is 12.9. The van der Waals surface area contributed by atoms with Crippen molar-refractivity contribution in [2.24, 2.45) is 0 Å². The predicted octanol–water partition coefficient (Wildman–Crippen LogP) is 1.70. The van der Waals surface area contributed by atoms with Crippen molar-refractivity contribution in [2.45, 2.75) is 13.5 Å². The van der Waals surface area contributed by atoms with Crippen molar-refractivity contribution in [2.75, 3.05) is 13.1 Å². The van der Waals surface area contributed by atoms with E-state index in [-0.39, 0.29) is 10.9 Å². The first-order valence-electron chi connectivity index (χ1n) is 4.99. The van der Waals surface area contributed by atoms with E-state index in [9.17, 15) is 9.18 Å². The van der Waals surface area contributed by atoms with Crippen LogP contribution in [0.15, 0.2) is 18.2 Å². The number of hydrogen-bond donors (Lipinski definition) is 2. The average Bonchev–Trinajstić information content (AvgIpc) is 2.23. The Hall–Kier alpha value is -1.13. The zero-order chi connectivity index (χ0) is 12.0. The third kappa shape index (κ3) is 4.16. The van der Waals surface area contributed by atoms with Crippen molar-refractivity contribution >= 4 is 17.5 Å². The van der Waals surface area contributed by atoms with E-state index in [0.29, 0.717) is 25.2 Å². The van der Waals surface area contributed by atoms with Crippen LogP contribution in [-0.4, -0.2) is 19.0 Å². The second kappa shape index (κ2) is 6.45. The Kier molecular flexibility index (Phi) is 5.22. The van der Waals surface area contributed by atoms with Crippen molar-refractivity contribution in [3.63, 3.8) is 0 Å². The summed E-state index contributed by atoms with van der Waals surface area (Å²) in [6.45, 7) is 2.96. The predicted molar refractivity (Wildman–Crippen MR) is 61.8 cm³/mol. The summed E-state index contributed by atoms with van der Waals surface area (Å²) in [5.74, 6) is -0.466. The van der Waals surface area contributed by atoms with Crippen LogP contribution in [0.3, 0.4) is 0 Å². The van der Waals surface area contributed by atoms with E-state index >= 15 is 0 Å². The van der Waals surface area contributed by atoms with Crippen molar-refractivity contribution in [1.29, 1.82) is 0 Å². The first-order valence-corrected chi connectivity index (χ1v) is 5.37. The van der Waals surface area contributed by atoms with E-state index in [1.54, 1.807) is 12.1 Å². The molecule has 0 unspecified atom stereocenters. The Labute approximate surface area is 99.0 Å². The molecule has 0 aromatic heterocycles. The highest BCUT2D eigenvalue weighted by molar-refractivity contribution is 6.30. The van der Waals surface area contributed by atoms with Gasteiger partial charge in [-0.05, 0) is 6.07 Å². The normalized spacial score (nSPS) is 10.2. The maximum Gasteiger partial charge on any atom is 0.216 e. The molecular formula is C11H14ClFN2O. The van der Waals surface area contributed by atoms with Crippen LogP contribution < -0.4 is 10.6 Å². The third-order valence-corrected chi connectivity index (χ3v) is 2.31. The molecule has 0 spiro atoms. The van der Waals surface area contributed by atoms with Crippen LogP contribution >= 0.6 is 11.6 Å². The molecule has 88 valence electrons. The van der Waals surface area contributed by atoms with Gasteiger partial charge in [0, 0.05) is 32.1 Å². The lowest BCUT2D eigenvalue weighted by molar-refractivity contribution is -0.118. The van der Waals surface area contributed by atoms with Gasteiger partial charge in [0.15, 0.2) is 0 Å². The number of rotatable bonds is 5. The molecule has 0 radical (unpaired) electrons. The lowest BCUT2D eigenvalue weighted by atomic mass is 10.2. The lowest BCUT2D eigenvalue weighted by Gasteiger charge is -2.07. The Balaban J connectivity index is 2.32. The zero-order valence-electron chi connectivity index (χ0n) is 9.02. The van der Waals surface area contributed by atoms with Crippen LogP contribution in [0.25, 0.3) is 0 Å². The van der Waals surface area contributed by atoms with Gasteiger partial charge < -0.3 is 10.6 Å². The average molecular weight is 245 g/mol. The maximum absolute atomic E-state index is 13.4. The molecule has 16 heavy (non-hydrogen) atoms. The largest absolute Gasteiger partial charge is 0.355 e.